The molecule has 0 aliphatic heterocycles. The molecule has 1 N–H and O–H groups in total. The van der Waals surface area contributed by atoms with E-state index in [0.717, 1.165) is 5.75 Å². The number of nitroso groups, excluding NO2 is 1. The number of nitrogens with one attached hydrogen (secondary N) is 1. The second kappa shape index (κ2) is 4.21. The first-order valence-corrected chi connectivity index (χ1v) is 4.37. The van der Waals surface area contributed by atoms with Gasteiger partial charge in [0.25, 0.3) is 5.69 Å². The summed E-state index contributed by atoms with van der Waals surface area (Å²) in [4.78, 5) is 10.3. The minimum absolute atomic E-state index is 0.512. The second-order valence-corrected chi connectivity index (χ2v) is 3.03. The first-order valence-electron chi connectivity index (χ1n) is 3.58. The number of ether oxygens (including phenoxy) is 1. The number of benzene rings is 1. The molecule has 12 heavy (non-hydrogen) atoms. The van der Waals surface area contributed by atoms with Gasteiger partial charge in [0.1, 0.15) is 5.75 Å². The van der Waals surface area contributed by atoms with Crippen molar-refractivity contribution in [3.05, 3.63) is 27.6 Å². The molecular formula is C8H9BrNO2+. The molecule has 1 aromatic carbocycles. The van der Waals surface area contributed by atoms with Crippen molar-refractivity contribution < 1.29 is 9.91 Å². The molecule has 64 valence electrons. The summed E-state index contributed by atoms with van der Waals surface area (Å²) in [5.74, 6) is 0.753. The van der Waals surface area contributed by atoms with E-state index in [9.17, 15) is 4.91 Å². The molecule has 0 aromatic heterocycles. The van der Waals surface area contributed by atoms with Gasteiger partial charge in [-0.3, -0.25) is 0 Å². The van der Waals surface area contributed by atoms with Crippen molar-refractivity contribution >= 4 is 21.6 Å². The Hall–Kier alpha value is -0.900. The molecule has 1 aromatic rings. The van der Waals surface area contributed by atoms with Crippen LogP contribution >= 0.6 is 15.9 Å². The highest BCUT2D eigenvalue weighted by atomic mass is 79.9. The summed E-state index contributed by atoms with van der Waals surface area (Å²) in [5.41, 5.74) is 0.512. The highest BCUT2D eigenvalue weighted by Gasteiger charge is 2.06. The van der Waals surface area contributed by atoms with Crippen LogP contribution in [-0.4, -0.2) is 6.61 Å². The smallest absolute Gasteiger partial charge is 0.267 e. The summed E-state index contributed by atoms with van der Waals surface area (Å²) in [5, 5.41) is 1.81. The van der Waals surface area contributed by atoms with Gasteiger partial charge in [0.05, 0.1) is 11.1 Å². The lowest BCUT2D eigenvalue weighted by Gasteiger charge is -2.01. The topological polar surface area (TPSA) is 40.3 Å². The van der Waals surface area contributed by atoms with Gasteiger partial charge < -0.3 is 4.74 Å². The Morgan fingerprint density at radius 2 is 2.33 bits per heavy atom. The fourth-order valence-corrected chi connectivity index (χ4v) is 1.27. The molecule has 0 saturated carbocycles. The lowest BCUT2D eigenvalue weighted by molar-refractivity contribution is -0.380. The van der Waals surface area contributed by atoms with Crippen LogP contribution < -0.4 is 9.91 Å². The van der Waals surface area contributed by atoms with Crippen molar-refractivity contribution in [1.82, 2.24) is 0 Å². The van der Waals surface area contributed by atoms with E-state index < -0.39 is 0 Å². The molecule has 0 atom stereocenters. The Morgan fingerprint density at radius 1 is 1.58 bits per heavy atom. The van der Waals surface area contributed by atoms with E-state index in [1.807, 2.05) is 12.1 Å². The van der Waals surface area contributed by atoms with Crippen LogP contribution in [0, 0.1) is 4.91 Å². The van der Waals surface area contributed by atoms with Crippen molar-refractivity contribution in [2.45, 2.75) is 6.92 Å². The van der Waals surface area contributed by atoms with Crippen LogP contribution in [0.15, 0.2) is 22.7 Å². The average molecular weight is 231 g/mol. The van der Waals surface area contributed by atoms with Gasteiger partial charge in [-0.2, -0.15) is 0 Å². The van der Waals surface area contributed by atoms with Crippen LogP contribution in [0.4, 0.5) is 5.69 Å². The predicted molar refractivity (Wildman–Crippen MR) is 49.3 cm³/mol. The molecule has 3 nitrogen and oxygen atoms in total. The molecule has 0 unspecified atom stereocenters. The molecule has 0 heterocycles. The van der Waals surface area contributed by atoms with Gasteiger partial charge in [-0.05, 0) is 28.9 Å². The van der Waals surface area contributed by atoms with Crippen LogP contribution in [0.25, 0.3) is 0 Å². The fourth-order valence-electron chi connectivity index (χ4n) is 0.835. The zero-order chi connectivity index (χ0) is 8.97. The standard InChI is InChI=1S/C8H8BrNO2/c1-2-12-6-3-4-8(10-11)7(9)5-6/h3-5H,2H2,1H3/p+1. The van der Waals surface area contributed by atoms with Crippen LogP contribution in [0.2, 0.25) is 0 Å². The molecule has 0 bridgehead atoms. The quantitative estimate of drug-likeness (QED) is 0.852. The van der Waals surface area contributed by atoms with Crippen LogP contribution in [-0.2, 0) is 0 Å². The Balaban J connectivity index is 2.93. The normalized spacial score (nSPS) is 9.50. The third-order valence-corrected chi connectivity index (χ3v) is 2.02. The average Bonchev–Trinajstić information content (AvgIpc) is 2.05. The van der Waals surface area contributed by atoms with Gasteiger partial charge in [0.15, 0.2) is 0 Å². The minimum atomic E-state index is 0.512. The van der Waals surface area contributed by atoms with Crippen molar-refractivity contribution in [3.8, 4) is 5.75 Å². The van der Waals surface area contributed by atoms with E-state index in [-0.39, 0.29) is 0 Å². The van der Waals surface area contributed by atoms with E-state index in [0.29, 0.717) is 16.8 Å². The van der Waals surface area contributed by atoms with E-state index in [2.05, 4.69) is 15.9 Å². The predicted octanol–water partition coefficient (Wildman–Crippen LogP) is 1.33. The molecule has 0 amide bonds. The maximum Gasteiger partial charge on any atom is 0.267 e. The lowest BCUT2D eigenvalue weighted by atomic mass is 10.3. The molecule has 4 heteroatoms. The highest BCUT2D eigenvalue weighted by Crippen LogP contribution is 2.23. The summed E-state index contributed by atoms with van der Waals surface area (Å²) < 4.78 is 5.94. The van der Waals surface area contributed by atoms with Crippen molar-refractivity contribution in [1.29, 1.82) is 0 Å². The van der Waals surface area contributed by atoms with Crippen LogP contribution in [0.5, 0.6) is 5.75 Å². The van der Waals surface area contributed by atoms with Crippen molar-refractivity contribution in [2.24, 2.45) is 0 Å². The van der Waals surface area contributed by atoms with Gasteiger partial charge in [0, 0.05) is 22.2 Å². The molecule has 0 spiro atoms. The van der Waals surface area contributed by atoms with Crippen molar-refractivity contribution in [3.63, 3.8) is 0 Å². The molecule has 0 aliphatic carbocycles. The first-order chi connectivity index (χ1) is 5.77. The second-order valence-electron chi connectivity index (χ2n) is 2.18. The molecular weight excluding hydrogens is 222 g/mol. The van der Waals surface area contributed by atoms with Gasteiger partial charge in [-0.1, -0.05) is 0 Å². The third kappa shape index (κ3) is 2.04. The Bertz CT molecular complexity index is 288. The maximum absolute atomic E-state index is 10.3. The lowest BCUT2D eigenvalue weighted by Crippen LogP contribution is -2.55. The Morgan fingerprint density at radius 3 is 2.83 bits per heavy atom. The molecule has 0 aliphatic rings. The van der Waals surface area contributed by atoms with Crippen LogP contribution in [0.3, 0.4) is 0 Å². The molecule has 1 rings (SSSR count). The van der Waals surface area contributed by atoms with E-state index in [1.165, 1.54) is 0 Å². The summed E-state index contributed by atoms with van der Waals surface area (Å²) in [6.45, 7) is 2.53. The number of rotatable bonds is 3. The highest BCUT2D eigenvalue weighted by molar-refractivity contribution is 9.10. The zero-order valence-electron chi connectivity index (χ0n) is 6.63. The molecule has 0 fully saturated rings. The van der Waals surface area contributed by atoms with E-state index in [4.69, 9.17) is 4.74 Å². The SMILES string of the molecule is CCOc1ccc([NH+]=O)c(Br)c1. The van der Waals surface area contributed by atoms with E-state index >= 15 is 0 Å². The van der Waals surface area contributed by atoms with Gasteiger partial charge in [0.2, 0.25) is 0 Å². The maximum atomic E-state index is 10.3. The Kier molecular flexibility index (Phi) is 3.22. The molecule has 0 radical (unpaired) electrons. The molecule has 0 saturated heterocycles. The number of halogens is 1. The number of hydrogen-bond donors (Lipinski definition) is 1. The Labute approximate surface area is 78.8 Å². The largest absolute Gasteiger partial charge is 0.494 e. The van der Waals surface area contributed by atoms with Gasteiger partial charge in [-0.15, -0.1) is 0 Å². The fraction of sp³-hybridized carbons (Fsp3) is 0.250. The third-order valence-electron chi connectivity index (χ3n) is 1.36. The summed E-state index contributed by atoms with van der Waals surface area (Å²) in [6, 6.07) is 5.17. The van der Waals surface area contributed by atoms with Gasteiger partial charge >= 0.3 is 0 Å². The monoisotopic (exact) mass is 230 g/mol. The first kappa shape index (κ1) is 9.19. The number of hydrogen-bond acceptors (Lipinski definition) is 2. The summed E-state index contributed by atoms with van der Waals surface area (Å²) in [6.07, 6.45) is 0. The van der Waals surface area contributed by atoms with Crippen molar-refractivity contribution in [2.75, 3.05) is 6.61 Å². The van der Waals surface area contributed by atoms with E-state index in [1.54, 1.807) is 18.2 Å². The minimum Gasteiger partial charge on any atom is -0.494 e. The summed E-state index contributed by atoms with van der Waals surface area (Å²) >= 11 is 3.23. The zero-order valence-corrected chi connectivity index (χ0v) is 8.22. The van der Waals surface area contributed by atoms with Crippen LogP contribution in [0.1, 0.15) is 6.92 Å². The summed E-state index contributed by atoms with van der Waals surface area (Å²) in [7, 11) is 0. The van der Waals surface area contributed by atoms with Gasteiger partial charge in [-0.25, -0.2) is 0 Å².